The van der Waals surface area contributed by atoms with Crippen LogP contribution < -0.4 is 4.74 Å². The largest absolute Gasteiger partial charge is 0.493 e. The van der Waals surface area contributed by atoms with Crippen LogP contribution in [-0.2, 0) is 12.8 Å². The summed E-state index contributed by atoms with van der Waals surface area (Å²) in [6.07, 6.45) is 4.72. The molecule has 4 rings (SSSR count). The summed E-state index contributed by atoms with van der Waals surface area (Å²) in [5, 5.41) is 7.55. The normalized spacial score (nSPS) is 21.2. The molecule has 122 valence electrons. The van der Waals surface area contributed by atoms with E-state index in [9.17, 15) is 0 Å². The Bertz CT molecular complexity index is 679. The first-order valence-electron chi connectivity index (χ1n) is 8.77. The lowest BCUT2D eigenvalue weighted by Gasteiger charge is -2.31. The van der Waals surface area contributed by atoms with E-state index in [-0.39, 0.29) is 0 Å². The van der Waals surface area contributed by atoms with Crippen molar-refractivity contribution in [1.82, 2.24) is 15.1 Å². The first kappa shape index (κ1) is 14.8. The van der Waals surface area contributed by atoms with E-state index in [1.54, 1.807) is 0 Å². The molecule has 4 heteroatoms. The predicted molar refractivity (Wildman–Crippen MR) is 91.1 cm³/mol. The Kier molecular flexibility index (Phi) is 4.08. The van der Waals surface area contributed by atoms with Crippen LogP contribution in [0.1, 0.15) is 41.3 Å². The molecule has 0 saturated carbocycles. The van der Waals surface area contributed by atoms with Crippen LogP contribution in [-0.4, -0.2) is 41.3 Å². The molecule has 0 amide bonds. The van der Waals surface area contributed by atoms with E-state index < -0.39 is 0 Å². The van der Waals surface area contributed by atoms with Crippen molar-refractivity contribution in [3.63, 3.8) is 0 Å². The minimum Gasteiger partial charge on any atom is -0.493 e. The van der Waals surface area contributed by atoms with Crippen LogP contribution >= 0.6 is 0 Å². The molecule has 1 aromatic carbocycles. The number of ether oxygens (including phenoxy) is 1. The number of fused-ring (bicyclic) bond motifs is 1. The zero-order valence-corrected chi connectivity index (χ0v) is 13.8. The average molecular weight is 311 g/mol. The van der Waals surface area contributed by atoms with E-state index in [1.807, 2.05) is 0 Å². The van der Waals surface area contributed by atoms with Crippen molar-refractivity contribution in [2.75, 3.05) is 26.2 Å². The quantitative estimate of drug-likeness (QED) is 0.943. The Balaban J connectivity index is 1.35. The SMILES string of the molecule is Cc1cc([C@@H]2CCCN(CCc3ccc4c(c3)CCO4)C2)n[nH]1. The standard InChI is InChI=1S/C19H25N3O/c1-14-11-18(21-20-14)17-3-2-8-22(13-17)9-6-15-4-5-19-16(12-15)7-10-23-19/h4-5,11-12,17H,2-3,6-10,13H2,1H3,(H,20,21)/t17-/m1/s1. The number of piperidine rings is 1. The molecule has 0 unspecified atom stereocenters. The molecule has 1 saturated heterocycles. The fourth-order valence-electron chi connectivity index (χ4n) is 3.83. The van der Waals surface area contributed by atoms with Crippen LogP contribution in [0.15, 0.2) is 24.3 Å². The fourth-order valence-corrected chi connectivity index (χ4v) is 3.83. The highest BCUT2D eigenvalue weighted by Gasteiger charge is 2.23. The number of H-pyrrole nitrogens is 1. The molecule has 23 heavy (non-hydrogen) atoms. The first-order valence-corrected chi connectivity index (χ1v) is 8.77. The number of aromatic amines is 1. The molecule has 1 aromatic heterocycles. The van der Waals surface area contributed by atoms with Gasteiger partial charge in [0, 0.05) is 31.1 Å². The second-order valence-electron chi connectivity index (χ2n) is 6.91. The number of rotatable bonds is 4. The molecule has 1 fully saturated rings. The topological polar surface area (TPSA) is 41.1 Å². The van der Waals surface area contributed by atoms with Gasteiger partial charge in [0.05, 0.1) is 12.3 Å². The molecule has 1 atom stereocenters. The lowest BCUT2D eigenvalue weighted by atomic mass is 9.94. The first-order chi connectivity index (χ1) is 11.3. The summed E-state index contributed by atoms with van der Waals surface area (Å²) in [6.45, 7) is 6.41. The third kappa shape index (κ3) is 3.27. The molecule has 0 bridgehead atoms. The van der Waals surface area contributed by atoms with Gasteiger partial charge in [-0.25, -0.2) is 0 Å². The van der Waals surface area contributed by atoms with Crippen molar-refractivity contribution in [2.45, 2.75) is 38.5 Å². The van der Waals surface area contributed by atoms with Crippen molar-refractivity contribution >= 4 is 0 Å². The lowest BCUT2D eigenvalue weighted by molar-refractivity contribution is 0.208. The third-order valence-corrected chi connectivity index (χ3v) is 5.12. The lowest BCUT2D eigenvalue weighted by Crippen LogP contribution is -2.35. The molecular formula is C19H25N3O. The molecule has 3 heterocycles. The summed E-state index contributed by atoms with van der Waals surface area (Å²) in [5.74, 6) is 1.67. The maximum atomic E-state index is 5.59. The van der Waals surface area contributed by atoms with E-state index in [2.05, 4.69) is 46.3 Å². The number of hydrogen-bond donors (Lipinski definition) is 1. The maximum absolute atomic E-state index is 5.59. The van der Waals surface area contributed by atoms with Gasteiger partial charge in [0.1, 0.15) is 5.75 Å². The third-order valence-electron chi connectivity index (χ3n) is 5.12. The van der Waals surface area contributed by atoms with Crippen LogP contribution in [0.4, 0.5) is 0 Å². The highest BCUT2D eigenvalue weighted by atomic mass is 16.5. The van der Waals surface area contributed by atoms with E-state index in [0.29, 0.717) is 5.92 Å². The van der Waals surface area contributed by atoms with Crippen LogP contribution in [0.3, 0.4) is 0 Å². The number of nitrogens with one attached hydrogen (secondary N) is 1. The molecular weight excluding hydrogens is 286 g/mol. The maximum Gasteiger partial charge on any atom is 0.122 e. The fraction of sp³-hybridized carbons (Fsp3) is 0.526. The molecule has 4 nitrogen and oxygen atoms in total. The number of benzene rings is 1. The van der Waals surface area contributed by atoms with Gasteiger partial charge in [-0.05, 0) is 56.0 Å². The van der Waals surface area contributed by atoms with Crippen molar-refractivity contribution < 1.29 is 4.74 Å². The Hall–Kier alpha value is -1.81. The Labute approximate surface area is 137 Å². The molecule has 0 aliphatic carbocycles. The molecule has 0 spiro atoms. The minimum absolute atomic E-state index is 0.585. The second-order valence-corrected chi connectivity index (χ2v) is 6.91. The van der Waals surface area contributed by atoms with Gasteiger partial charge in [0.2, 0.25) is 0 Å². The summed E-state index contributed by atoms with van der Waals surface area (Å²) in [4.78, 5) is 2.60. The number of likely N-dealkylation sites (tertiary alicyclic amines) is 1. The second kappa shape index (κ2) is 6.36. The summed E-state index contributed by atoms with van der Waals surface area (Å²) >= 11 is 0. The van der Waals surface area contributed by atoms with Crippen molar-refractivity contribution in [3.8, 4) is 5.75 Å². The minimum atomic E-state index is 0.585. The Morgan fingerprint density at radius 3 is 3.17 bits per heavy atom. The predicted octanol–water partition coefficient (Wildman–Crippen LogP) is 3.08. The van der Waals surface area contributed by atoms with Crippen molar-refractivity contribution in [2.24, 2.45) is 0 Å². The van der Waals surface area contributed by atoms with Gasteiger partial charge < -0.3 is 9.64 Å². The van der Waals surface area contributed by atoms with E-state index >= 15 is 0 Å². The molecule has 2 aliphatic heterocycles. The van der Waals surface area contributed by atoms with E-state index in [1.165, 1.54) is 36.2 Å². The van der Waals surface area contributed by atoms with Crippen molar-refractivity contribution in [3.05, 3.63) is 46.8 Å². The van der Waals surface area contributed by atoms with E-state index in [4.69, 9.17) is 4.74 Å². The van der Waals surface area contributed by atoms with Gasteiger partial charge in [-0.3, -0.25) is 5.10 Å². The van der Waals surface area contributed by atoms with Gasteiger partial charge >= 0.3 is 0 Å². The zero-order chi connectivity index (χ0) is 15.6. The van der Waals surface area contributed by atoms with Gasteiger partial charge in [0.15, 0.2) is 0 Å². The van der Waals surface area contributed by atoms with Crippen LogP contribution in [0.2, 0.25) is 0 Å². The van der Waals surface area contributed by atoms with Crippen LogP contribution in [0, 0.1) is 6.92 Å². The Morgan fingerprint density at radius 2 is 2.30 bits per heavy atom. The monoisotopic (exact) mass is 311 g/mol. The average Bonchev–Trinajstić information content (AvgIpc) is 3.21. The van der Waals surface area contributed by atoms with Crippen molar-refractivity contribution in [1.29, 1.82) is 0 Å². The molecule has 2 aliphatic rings. The van der Waals surface area contributed by atoms with Gasteiger partial charge in [-0.2, -0.15) is 5.10 Å². The van der Waals surface area contributed by atoms with Gasteiger partial charge in [0.25, 0.3) is 0 Å². The van der Waals surface area contributed by atoms with Gasteiger partial charge in [-0.1, -0.05) is 12.1 Å². The van der Waals surface area contributed by atoms with E-state index in [0.717, 1.165) is 44.0 Å². The number of aromatic nitrogens is 2. The molecule has 0 radical (unpaired) electrons. The highest BCUT2D eigenvalue weighted by molar-refractivity contribution is 5.39. The highest BCUT2D eigenvalue weighted by Crippen LogP contribution is 2.28. The van der Waals surface area contributed by atoms with Crippen LogP contribution in [0.5, 0.6) is 5.75 Å². The van der Waals surface area contributed by atoms with Gasteiger partial charge in [-0.15, -0.1) is 0 Å². The number of aryl methyl sites for hydroxylation is 1. The summed E-state index contributed by atoms with van der Waals surface area (Å²) in [7, 11) is 0. The Morgan fingerprint density at radius 1 is 1.35 bits per heavy atom. The summed E-state index contributed by atoms with van der Waals surface area (Å²) in [5.41, 5.74) is 5.22. The summed E-state index contributed by atoms with van der Waals surface area (Å²) < 4.78 is 5.59. The van der Waals surface area contributed by atoms with Crippen LogP contribution in [0.25, 0.3) is 0 Å². The smallest absolute Gasteiger partial charge is 0.122 e. The molecule has 1 N–H and O–H groups in total. The summed E-state index contributed by atoms with van der Waals surface area (Å²) in [6, 6.07) is 8.90. The molecule has 2 aromatic rings. The number of hydrogen-bond acceptors (Lipinski definition) is 3. The zero-order valence-electron chi connectivity index (χ0n) is 13.8. The number of nitrogens with zero attached hydrogens (tertiary/aromatic N) is 2.